The summed E-state index contributed by atoms with van der Waals surface area (Å²) in [5, 5.41) is 33.0. The molecular formula is C22H27N5O4. The van der Waals surface area contributed by atoms with E-state index in [1.807, 2.05) is 0 Å². The van der Waals surface area contributed by atoms with Crippen molar-refractivity contribution in [1.82, 2.24) is 19.5 Å². The van der Waals surface area contributed by atoms with Crippen molar-refractivity contribution in [3.05, 3.63) is 54.1 Å². The molecule has 1 aliphatic heterocycles. The summed E-state index contributed by atoms with van der Waals surface area (Å²) in [6, 6.07) is 8.43. The number of rotatable bonds is 6. The molecule has 164 valence electrons. The Morgan fingerprint density at radius 2 is 1.97 bits per heavy atom. The molecular weight excluding hydrogens is 398 g/mol. The fourth-order valence-corrected chi connectivity index (χ4v) is 4.18. The van der Waals surface area contributed by atoms with E-state index in [1.54, 1.807) is 4.57 Å². The van der Waals surface area contributed by atoms with Crippen LogP contribution in [0.15, 0.2) is 43.0 Å². The summed E-state index contributed by atoms with van der Waals surface area (Å²) < 4.78 is 7.15. The first-order valence-electron chi connectivity index (χ1n) is 9.98. The van der Waals surface area contributed by atoms with Gasteiger partial charge >= 0.3 is 0 Å². The Bertz CT molecular complexity index is 1100. The fraction of sp³-hybridized carbons (Fsp3) is 0.409. The largest absolute Gasteiger partial charge is 0.394 e. The third kappa shape index (κ3) is 3.70. The number of hydrogen-bond donors (Lipinski definition) is 4. The Balaban J connectivity index is 0.00000231. The molecule has 1 saturated heterocycles. The lowest BCUT2D eigenvalue weighted by molar-refractivity contribution is -0.0511. The van der Waals surface area contributed by atoms with Crippen molar-refractivity contribution < 1.29 is 20.1 Å². The lowest BCUT2D eigenvalue weighted by Gasteiger charge is -2.16. The monoisotopic (exact) mass is 425 g/mol. The number of ether oxygens (including phenoxy) is 1. The third-order valence-corrected chi connectivity index (χ3v) is 5.77. The molecule has 1 aromatic carbocycles. The van der Waals surface area contributed by atoms with Gasteiger partial charge in [0.1, 0.15) is 24.6 Å². The minimum absolute atomic E-state index is 0. The molecule has 4 atom stereocenters. The molecule has 9 nitrogen and oxygen atoms in total. The Hall–Kier alpha value is -2.85. The lowest BCUT2D eigenvalue weighted by atomic mass is 10.0. The van der Waals surface area contributed by atoms with E-state index in [0.29, 0.717) is 23.5 Å². The first-order valence-corrected chi connectivity index (χ1v) is 9.98. The number of imidazole rings is 1. The van der Waals surface area contributed by atoms with Crippen molar-refractivity contribution >= 4 is 22.6 Å². The summed E-state index contributed by atoms with van der Waals surface area (Å²) in [7, 11) is 0. The van der Waals surface area contributed by atoms with Crippen LogP contribution in [0.4, 0.5) is 5.82 Å². The molecule has 9 heteroatoms. The van der Waals surface area contributed by atoms with Gasteiger partial charge in [-0.05, 0) is 29.5 Å². The number of hydrogen-bond acceptors (Lipinski definition) is 8. The van der Waals surface area contributed by atoms with Crippen molar-refractivity contribution in [2.75, 3.05) is 18.5 Å². The number of aliphatic hydroxyl groups is 3. The summed E-state index contributed by atoms with van der Waals surface area (Å²) >= 11 is 0. The van der Waals surface area contributed by atoms with E-state index in [2.05, 4.69) is 50.6 Å². The molecule has 3 heterocycles. The molecule has 1 aliphatic carbocycles. The van der Waals surface area contributed by atoms with E-state index in [-0.39, 0.29) is 14.0 Å². The molecule has 4 N–H and O–H groups in total. The number of aromatic nitrogens is 4. The second kappa shape index (κ2) is 8.72. The van der Waals surface area contributed by atoms with Gasteiger partial charge in [0, 0.05) is 6.54 Å². The quantitative estimate of drug-likeness (QED) is 0.468. The second-order valence-corrected chi connectivity index (χ2v) is 7.54. The van der Waals surface area contributed by atoms with Gasteiger partial charge in [0.2, 0.25) is 0 Å². The Morgan fingerprint density at radius 3 is 2.77 bits per heavy atom. The van der Waals surface area contributed by atoms with E-state index in [9.17, 15) is 15.3 Å². The second-order valence-electron chi connectivity index (χ2n) is 7.54. The lowest BCUT2D eigenvalue weighted by Crippen LogP contribution is -2.33. The number of aliphatic hydroxyl groups excluding tert-OH is 3. The summed E-state index contributed by atoms with van der Waals surface area (Å²) in [5.74, 6) is 0.595. The van der Waals surface area contributed by atoms with Gasteiger partial charge in [-0.1, -0.05) is 37.8 Å². The maximum Gasteiger partial charge on any atom is 0.167 e. The molecule has 1 fully saturated rings. The zero-order chi connectivity index (χ0) is 20.7. The van der Waals surface area contributed by atoms with Crippen LogP contribution in [-0.2, 0) is 11.2 Å². The van der Waals surface area contributed by atoms with E-state index in [0.717, 1.165) is 12.8 Å². The Labute approximate surface area is 180 Å². The normalized spacial score (nSPS) is 24.7. The number of nitrogens with zero attached hydrogens (tertiary/aromatic N) is 4. The van der Waals surface area contributed by atoms with Crippen LogP contribution >= 0.6 is 0 Å². The average Bonchev–Trinajstić information content (AvgIpc) is 3.45. The van der Waals surface area contributed by atoms with Crippen molar-refractivity contribution in [1.29, 1.82) is 0 Å². The van der Waals surface area contributed by atoms with E-state index < -0.39 is 24.5 Å². The summed E-state index contributed by atoms with van der Waals surface area (Å²) in [5.41, 5.74) is 5.01. The number of allylic oxidation sites excluding steroid dienone is 1. The summed E-state index contributed by atoms with van der Waals surface area (Å²) in [6.07, 6.45) is 2.90. The maximum atomic E-state index is 10.3. The molecule has 5 rings (SSSR count). The first-order chi connectivity index (χ1) is 14.7. The highest BCUT2D eigenvalue weighted by molar-refractivity contribution is 5.83. The van der Waals surface area contributed by atoms with Gasteiger partial charge in [-0.15, -0.1) is 0 Å². The summed E-state index contributed by atoms with van der Waals surface area (Å²) in [4.78, 5) is 13.0. The molecule has 0 spiro atoms. The topological polar surface area (TPSA) is 126 Å². The zero-order valence-electron chi connectivity index (χ0n) is 16.2. The molecule has 2 aliphatic rings. The SMILES string of the molecule is C.OC[C@H]1O[C@@H](n2cnc3c(NCCC4=CCc5ccccc54)ncnc32)[C@@H](O)C1O. The predicted octanol–water partition coefficient (Wildman–Crippen LogP) is 1.52. The van der Waals surface area contributed by atoms with Crippen LogP contribution in [0.2, 0.25) is 0 Å². The molecule has 3 aromatic rings. The van der Waals surface area contributed by atoms with Crippen molar-refractivity contribution in [2.45, 2.75) is 44.8 Å². The number of nitrogens with one attached hydrogen (secondary N) is 1. The van der Waals surface area contributed by atoms with Crippen molar-refractivity contribution in [3.8, 4) is 0 Å². The maximum absolute atomic E-state index is 10.3. The molecule has 0 saturated carbocycles. The Kier molecular flexibility index (Phi) is 6.01. The molecule has 2 aromatic heterocycles. The highest BCUT2D eigenvalue weighted by Crippen LogP contribution is 2.32. The van der Waals surface area contributed by atoms with Gasteiger partial charge in [-0.3, -0.25) is 4.57 Å². The number of anilines is 1. The predicted molar refractivity (Wildman–Crippen MR) is 116 cm³/mol. The van der Waals surface area contributed by atoms with Crippen LogP contribution in [0.25, 0.3) is 16.7 Å². The molecule has 0 amide bonds. The molecule has 0 radical (unpaired) electrons. The standard InChI is InChI=1S/C21H23N5O4.CH4/c27-9-15-17(28)18(29)21(30-15)26-11-25-16-19(23-10-24-20(16)26)22-8-7-13-6-5-12-3-1-2-4-14(12)13;/h1-4,6,10-11,15,17-18,21,27-29H,5,7-9H2,(H,22,23,24);1H4/t15-,17?,18+,21-;/m1./s1. The zero-order valence-corrected chi connectivity index (χ0v) is 16.2. The molecule has 31 heavy (non-hydrogen) atoms. The van der Waals surface area contributed by atoms with Crippen LogP contribution in [-0.4, -0.2) is 66.3 Å². The van der Waals surface area contributed by atoms with Gasteiger partial charge in [-0.25, -0.2) is 15.0 Å². The molecule has 0 bridgehead atoms. The van der Waals surface area contributed by atoms with Gasteiger partial charge < -0.3 is 25.4 Å². The Morgan fingerprint density at radius 1 is 1.13 bits per heavy atom. The van der Waals surface area contributed by atoms with Crippen LogP contribution in [0.5, 0.6) is 0 Å². The van der Waals surface area contributed by atoms with E-state index >= 15 is 0 Å². The van der Waals surface area contributed by atoms with E-state index in [1.165, 1.54) is 29.4 Å². The minimum atomic E-state index is -1.19. The highest BCUT2D eigenvalue weighted by atomic mass is 16.6. The van der Waals surface area contributed by atoms with Gasteiger partial charge in [0.05, 0.1) is 12.9 Å². The van der Waals surface area contributed by atoms with Crippen molar-refractivity contribution in [3.63, 3.8) is 0 Å². The molecule has 1 unspecified atom stereocenters. The highest BCUT2D eigenvalue weighted by Gasteiger charge is 2.44. The minimum Gasteiger partial charge on any atom is -0.394 e. The van der Waals surface area contributed by atoms with Crippen LogP contribution < -0.4 is 5.32 Å². The smallest absolute Gasteiger partial charge is 0.167 e. The van der Waals surface area contributed by atoms with E-state index in [4.69, 9.17) is 4.74 Å². The average molecular weight is 425 g/mol. The third-order valence-electron chi connectivity index (χ3n) is 5.77. The summed E-state index contributed by atoms with van der Waals surface area (Å²) in [6.45, 7) is 0.301. The van der Waals surface area contributed by atoms with Gasteiger partial charge in [-0.2, -0.15) is 0 Å². The van der Waals surface area contributed by atoms with Crippen molar-refractivity contribution in [2.24, 2.45) is 0 Å². The van der Waals surface area contributed by atoms with Crippen LogP contribution in [0.3, 0.4) is 0 Å². The van der Waals surface area contributed by atoms with Crippen LogP contribution in [0.1, 0.15) is 31.2 Å². The van der Waals surface area contributed by atoms with Gasteiger partial charge in [0.25, 0.3) is 0 Å². The fourth-order valence-electron chi connectivity index (χ4n) is 4.18. The first kappa shape index (κ1) is 21.4. The number of fused-ring (bicyclic) bond motifs is 2. The number of benzene rings is 1. The van der Waals surface area contributed by atoms with Crippen LogP contribution in [0, 0.1) is 0 Å². The van der Waals surface area contributed by atoms with Gasteiger partial charge in [0.15, 0.2) is 23.2 Å².